The van der Waals surface area contributed by atoms with Crippen molar-refractivity contribution >= 4 is 50.7 Å². The maximum absolute atomic E-state index is 13.2. The standard InChI is InChI=1S/C10H7ClFNOS2/c1-5(14)9(12)16-10-13-7-4-6(11)2-3-8(7)15-10/h2-4,9H,1H3. The van der Waals surface area contributed by atoms with Gasteiger partial charge >= 0.3 is 0 Å². The molecule has 0 amide bonds. The second-order valence-electron chi connectivity index (χ2n) is 3.14. The number of nitrogens with zero attached hydrogens (tertiary/aromatic N) is 1. The van der Waals surface area contributed by atoms with Gasteiger partial charge < -0.3 is 0 Å². The van der Waals surface area contributed by atoms with E-state index >= 15 is 0 Å². The molecule has 0 aliphatic heterocycles. The summed E-state index contributed by atoms with van der Waals surface area (Å²) in [7, 11) is 0. The maximum atomic E-state index is 13.2. The summed E-state index contributed by atoms with van der Waals surface area (Å²) in [5, 5.41) is 0.595. The molecule has 2 aromatic rings. The Kier molecular flexibility index (Phi) is 3.47. The van der Waals surface area contributed by atoms with Gasteiger partial charge in [-0.05, 0) is 25.1 Å². The molecule has 0 aliphatic rings. The molecular weight excluding hydrogens is 269 g/mol. The van der Waals surface area contributed by atoms with Crippen molar-refractivity contribution in [2.24, 2.45) is 0 Å². The zero-order chi connectivity index (χ0) is 11.7. The number of rotatable bonds is 3. The van der Waals surface area contributed by atoms with Crippen LogP contribution in [-0.2, 0) is 4.79 Å². The number of hydrogen-bond donors (Lipinski definition) is 0. The zero-order valence-electron chi connectivity index (χ0n) is 8.24. The lowest BCUT2D eigenvalue weighted by atomic mass is 10.3. The smallest absolute Gasteiger partial charge is 0.210 e. The highest BCUT2D eigenvalue weighted by Gasteiger charge is 2.16. The molecule has 1 aromatic heterocycles. The van der Waals surface area contributed by atoms with Crippen molar-refractivity contribution in [3.8, 4) is 0 Å². The number of carbonyl (C=O) groups is 1. The summed E-state index contributed by atoms with van der Waals surface area (Å²) in [6.45, 7) is 1.22. The van der Waals surface area contributed by atoms with E-state index in [1.807, 2.05) is 6.07 Å². The predicted octanol–water partition coefficient (Wildman–Crippen LogP) is 3.93. The number of aromatic nitrogens is 1. The minimum absolute atomic E-state index is 0.498. The first-order valence-electron chi connectivity index (χ1n) is 4.43. The molecule has 2 rings (SSSR count). The molecule has 0 fully saturated rings. The van der Waals surface area contributed by atoms with E-state index in [9.17, 15) is 9.18 Å². The summed E-state index contributed by atoms with van der Waals surface area (Å²) >= 11 is 8.00. The molecule has 1 unspecified atom stereocenters. The Morgan fingerprint density at radius 1 is 1.62 bits per heavy atom. The van der Waals surface area contributed by atoms with Crippen LogP contribution in [0, 0.1) is 0 Å². The number of alkyl halides is 1. The van der Waals surface area contributed by atoms with Gasteiger partial charge in [0.25, 0.3) is 0 Å². The Hall–Kier alpha value is -0.650. The number of carbonyl (C=O) groups excluding carboxylic acids is 1. The van der Waals surface area contributed by atoms with Gasteiger partial charge in [0, 0.05) is 5.02 Å². The van der Waals surface area contributed by atoms with Gasteiger partial charge in [0.1, 0.15) is 0 Å². The van der Waals surface area contributed by atoms with Crippen LogP contribution in [0.5, 0.6) is 0 Å². The van der Waals surface area contributed by atoms with Crippen molar-refractivity contribution in [3.63, 3.8) is 0 Å². The number of ketones is 1. The van der Waals surface area contributed by atoms with Crippen molar-refractivity contribution in [1.29, 1.82) is 0 Å². The molecule has 0 saturated carbocycles. The van der Waals surface area contributed by atoms with Crippen LogP contribution >= 0.6 is 34.7 Å². The lowest BCUT2D eigenvalue weighted by Gasteiger charge is -1.98. The first-order valence-corrected chi connectivity index (χ1v) is 6.51. The Labute approximate surface area is 105 Å². The molecule has 0 saturated heterocycles. The summed E-state index contributed by atoms with van der Waals surface area (Å²) < 4.78 is 14.6. The molecule has 1 atom stereocenters. The van der Waals surface area contributed by atoms with Crippen LogP contribution < -0.4 is 0 Å². The molecule has 1 aromatic carbocycles. The monoisotopic (exact) mass is 275 g/mol. The minimum Gasteiger partial charge on any atom is -0.296 e. The minimum atomic E-state index is -1.55. The van der Waals surface area contributed by atoms with E-state index in [-0.39, 0.29) is 0 Å². The normalized spacial score (nSPS) is 12.9. The van der Waals surface area contributed by atoms with Crippen LogP contribution in [0.4, 0.5) is 4.39 Å². The van der Waals surface area contributed by atoms with Gasteiger partial charge in [-0.1, -0.05) is 23.4 Å². The van der Waals surface area contributed by atoms with Crippen molar-refractivity contribution < 1.29 is 9.18 Å². The summed E-state index contributed by atoms with van der Waals surface area (Å²) in [4.78, 5) is 15.0. The van der Waals surface area contributed by atoms with E-state index in [4.69, 9.17) is 11.6 Å². The van der Waals surface area contributed by atoms with Crippen molar-refractivity contribution in [2.45, 2.75) is 16.8 Å². The molecule has 2 nitrogen and oxygen atoms in total. The van der Waals surface area contributed by atoms with Gasteiger partial charge in [0.05, 0.1) is 10.2 Å². The van der Waals surface area contributed by atoms with E-state index < -0.39 is 11.3 Å². The molecule has 0 bridgehead atoms. The van der Waals surface area contributed by atoms with Crippen LogP contribution in [-0.4, -0.2) is 16.3 Å². The van der Waals surface area contributed by atoms with Gasteiger partial charge in [-0.25, -0.2) is 9.37 Å². The van der Waals surface area contributed by atoms with E-state index in [1.54, 1.807) is 12.1 Å². The molecule has 1 heterocycles. The van der Waals surface area contributed by atoms with Crippen molar-refractivity contribution in [3.05, 3.63) is 23.2 Å². The molecular formula is C10H7ClFNOS2. The second kappa shape index (κ2) is 4.69. The Balaban J connectivity index is 2.29. The van der Waals surface area contributed by atoms with E-state index in [1.165, 1.54) is 18.3 Å². The number of benzene rings is 1. The van der Waals surface area contributed by atoms with E-state index in [0.29, 0.717) is 9.36 Å². The summed E-state index contributed by atoms with van der Waals surface area (Å²) in [5.41, 5.74) is -0.813. The van der Waals surface area contributed by atoms with Gasteiger partial charge in [-0.3, -0.25) is 4.79 Å². The topological polar surface area (TPSA) is 30.0 Å². The van der Waals surface area contributed by atoms with Crippen LogP contribution in [0.1, 0.15) is 6.92 Å². The van der Waals surface area contributed by atoms with Crippen molar-refractivity contribution in [1.82, 2.24) is 4.98 Å². The largest absolute Gasteiger partial charge is 0.296 e. The molecule has 0 spiro atoms. The summed E-state index contributed by atoms with van der Waals surface area (Å²) in [5.74, 6) is -0.498. The van der Waals surface area contributed by atoms with Gasteiger partial charge in [-0.15, -0.1) is 11.3 Å². The highest BCUT2D eigenvalue weighted by molar-refractivity contribution is 8.02. The summed E-state index contributed by atoms with van der Waals surface area (Å²) in [6, 6.07) is 5.31. The fourth-order valence-electron chi connectivity index (χ4n) is 1.10. The molecule has 84 valence electrons. The fraction of sp³-hybridized carbons (Fsp3) is 0.200. The number of thioether (sulfide) groups is 1. The first-order chi connectivity index (χ1) is 7.56. The predicted molar refractivity (Wildman–Crippen MR) is 66.1 cm³/mol. The molecule has 0 aliphatic carbocycles. The number of halogens is 2. The SMILES string of the molecule is CC(=O)C(F)Sc1nc2cc(Cl)ccc2s1. The molecule has 16 heavy (non-hydrogen) atoms. The third kappa shape index (κ3) is 2.53. The van der Waals surface area contributed by atoms with Crippen LogP contribution in [0.25, 0.3) is 10.2 Å². The van der Waals surface area contributed by atoms with Crippen LogP contribution in [0.15, 0.2) is 22.5 Å². The number of thiazole rings is 1. The van der Waals surface area contributed by atoms with Crippen LogP contribution in [0.2, 0.25) is 5.02 Å². The molecule has 0 N–H and O–H groups in total. The summed E-state index contributed by atoms with van der Waals surface area (Å²) in [6.07, 6.45) is 0. The lowest BCUT2D eigenvalue weighted by Crippen LogP contribution is -2.05. The number of hydrogen-bond acceptors (Lipinski definition) is 4. The maximum Gasteiger partial charge on any atom is 0.210 e. The highest BCUT2D eigenvalue weighted by Crippen LogP contribution is 2.33. The Morgan fingerprint density at radius 2 is 2.38 bits per heavy atom. The van der Waals surface area contributed by atoms with E-state index in [0.717, 1.165) is 22.0 Å². The fourth-order valence-corrected chi connectivity index (χ4v) is 3.15. The molecule has 6 heteroatoms. The average Bonchev–Trinajstić information content (AvgIpc) is 2.58. The first kappa shape index (κ1) is 11.8. The Bertz CT molecular complexity index is 543. The lowest BCUT2D eigenvalue weighted by molar-refractivity contribution is -0.118. The van der Waals surface area contributed by atoms with Gasteiger partial charge in [-0.2, -0.15) is 0 Å². The van der Waals surface area contributed by atoms with E-state index in [2.05, 4.69) is 4.98 Å². The third-order valence-corrected chi connectivity index (χ3v) is 4.29. The van der Waals surface area contributed by atoms with Gasteiger partial charge in [0.2, 0.25) is 5.50 Å². The quantitative estimate of drug-likeness (QED) is 0.795. The number of Topliss-reactive ketones (excluding diaryl/α,β-unsaturated/α-hetero) is 1. The third-order valence-electron chi connectivity index (χ3n) is 1.85. The highest BCUT2D eigenvalue weighted by atomic mass is 35.5. The number of fused-ring (bicyclic) bond motifs is 1. The second-order valence-corrected chi connectivity index (χ2v) is 5.90. The van der Waals surface area contributed by atoms with Crippen LogP contribution in [0.3, 0.4) is 0 Å². The van der Waals surface area contributed by atoms with Crippen molar-refractivity contribution in [2.75, 3.05) is 0 Å². The zero-order valence-corrected chi connectivity index (χ0v) is 10.6. The average molecular weight is 276 g/mol. The van der Waals surface area contributed by atoms with Gasteiger partial charge in [0.15, 0.2) is 10.1 Å². The Morgan fingerprint density at radius 3 is 3.06 bits per heavy atom. The molecule has 0 radical (unpaired) electrons.